The van der Waals surface area contributed by atoms with Crippen LogP contribution < -0.4 is 11.5 Å². The molecular formula is C36H39F2N5O. The summed E-state index contributed by atoms with van der Waals surface area (Å²) in [6, 6.07) is 16.9. The van der Waals surface area contributed by atoms with Crippen LogP contribution in [-0.4, -0.2) is 33.4 Å². The van der Waals surface area contributed by atoms with E-state index in [0.29, 0.717) is 46.0 Å². The van der Waals surface area contributed by atoms with Crippen LogP contribution in [0.3, 0.4) is 0 Å². The Labute approximate surface area is 256 Å². The number of hydrogen-bond donors (Lipinski definition) is 3. The van der Waals surface area contributed by atoms with Gasteiger partial charge in [0.15, 0.2) is 0 Å². The number of halogens is 2. The lowest BCUT2D eigenvalue weighted by Gasteiger charge is -2.33. The summed E-state index contributed by atoms with van der Waals surface area (Å²) in [5, 5.41) is 0. The zero-order valence-electron chi connectivity index (χ0n) is 25.2. The number of H-pyrrole nitrogens is 1. The van der Waals surface area contributed by atoms with Gasteiger partial charge in [-0.3, -0.25) is 4.79 Å². The molecule has 8 heteroatoms. The number of likely N-dealkylation sites (tertiary alicyclic amines) is 1. The molecule has 1 aromatic heterocycles. The minimum absolute atomic E-state index is 0.00532. The van der Waals surface area contributed by atoms with E-state index in [1.165, 1.54) is 19.3 Å². The molecule has 6 nitrogen and oxygen atoms in total. The SMILES string of the molecule is CC(C)[C@H](N)C(=O)N1CC2(CCCCC2)C[C@H]1c1ncc(-c2ccc3c(c2)C(F)(F)c2cc(-c4cccc(N)c4)ccc2-3)[nH]1. The third kappa shape index (κ3) is 4.71. The summed E-state index contributed by atoms with van der Waals surface area (Å²) < 4.78 is 32.1. The molecule has 1 saturated heterocycles. The molecule has 2 atom stereocenters. The van der Waals surface area contributed by atoms with Crippen molar-refractivity contribution >= 4 is 11.6 Å². The Bertz CT molecular complexity index is 1740. The minimum Gasteiger partial charge on any atom is -0.399 e. The van der Waals surface area contributed by atoms with Crippen LogP contribution in [0.15, 0.2) is 66.9 Å². The first-order valence-electron chi connectivity index (χ1n) is 15.7. The summed E-state index contributed by atoms with van der Waals surface area (Å²) in [5.41, 5.74) is 16.8. The Morgan fingerprint density at radius 1 is 0.955 bits per heavy atom. The van der Waals surface area contributed by atoms with Crippen LogP contribution in [0.1, 0.15) is 75.4 Å². The molecule has 0 unspecified atom stereocenters. The number of nitrogens with two attached hydrogens (primary N) is 2. The van der Waals surface area contributed by atoms with Crippen molar-refractivity contribution < 1.29 is 13.6 Å². The first kappa shape index (κ1) is 28.7. The van der Waals surface area contributed by atoms with E-state index < -0.39 is 12.0 Å². The lowest BCUT2D eigenvalue weighted by molar-refractivity contribution is -0.135. The molecule has 1 aliphatic heterocycles. The maximum Gasteiger partial charge on any atom is 0.299 e. The topological polar surface area (TPSA) is 101 Å². The van der Waals surface area contributed by atoms with Gasteiger partial charge in [0.05, 0.1) is 24.0 Å². The second-order valence-electron chi connectivity index (χ2n) is 13.4. The number of hydrogen-bond acceptors (Lipinski definition) is 4. The van der Waals surface area contributed by atoms with E-state index in [1.54, 1.807) is 42.6 Å². The Morgan fingerprint density at radius 3 is 2.30 bits per heavy atom. The summed E-state index contributed by atoms with van der Waals surface area (Å²) in [6.07, 6.45) is 8.29. The first-order valence-corrected chi connectivity index (χ1v) is 15.7. The van der Waals surface area contributed by atoms with Gasteiger partial charge in [-0.05, 0) is 77.1 Å². The van der Waals surface area contributed by atoms with Crippen LogP contribution in [0.5, 0.6) is 0 Å². The summed E-state index contributed by atoms with van der Waals surface area (Å²) >= 11 is 0. The molecule has 3 aliphatic rings. The van der Waals surface area contributed by atoms with Crippen LogP contribution in [0.2, 0.25) is 0 Å². The zero-order valence-corrected chi connectivity index (χ0v) is 25.2. The predicted octanol–water partition coefficient (Wildman–Crippen LogP) is 7.65. The highest BCUT2D eigenvalue weighted by Gasteiger charge is 2.49. The highest BCUT2D eigenvalue weighted by molar-refractivity contribution is 5.85. The van der Waals surface area contributed by atoms with Gasteiger partial charge in [0.1, 0.15) is 5.82 Å². The van der Waals surface area contributed by atoms with E-state index >= 15 is 8.78 Å². The van der Waals surface area contributed by atoms with Crippen molar-refractivity contribution in [2.24, 2.45) is 17.1 Å². The maximum absolute atomic E-state index is 16.0. The van der Waals surface area contributed by atoms with E-state index in [1.807, 2.05) is 43.0 Å². The number of carbonyl (C=O) groups is 1. The number of fused-ring (bicyclic) bond motifs is 3. The van der Waals surface area contributed by atoms with E-state index in [4.69, 9.17) is 16.5 Å². The lowest BCUT2D eigenvalue weighted by atomic mass is 9.72. The summed E-state index contributed by atoms with van der Waals surface area (Å²) in [4.78, 5) is 23.7. The number of benzene rings is 3. The molecule has 4 aromatic rings. The van der Waals surface area contributed by atoms with E-state index in [9.17, 15) is 4.79 Å². The summed E-state index contributed by atoms with van der Waals surface area (Å²) in [7, 11) is 0. The van der Waals surface area contributed by atoms with Gasteiger partial charge in [-0.15, -0.1) is 0 Å². The summed E-state index contributed by atoms with van der Waals surface area (Å²) in [6.45, 7) is 4.62. The number of aromatic nitrogens is 2. The molecule has 5 N–H and O–H groups in total. The van der Waals surface area contributed by atoms with Crippen molar-refractivity contribution in [1.29, 1.82) is 0 Å². The lowest BCUT2D eigenvalue weighted by Crippen LogP contribution is -2.47. The second kappa shape index (κ2) is 10.5. The molecule has 0 radical (unpaired) electrons. The molecule has 1 saturated carbocycles. The number of amides is 1. The van der Waals surface area contributed by atoms with Gasteiger partial charge in [0.2, 0.25) is 5.91 Å². The smallest absolute Gasteiger partial charge is 0.299 e. The van der Waals surface area contributed by atoms with Crippen LogP contribution in [0, 0.1) is 11.3 Å². The monoisotopic (exact) mass is 595 g/mol. The standard InChI is InChI=1S/C36H39F2N5O/c1-21(2)32(40)34(44)43-20-35(13-4-3-5-14-35)18-31(43)33-41-19-30(42-33)24-10-12-27-26-11-9-23(22-7-6-8-25(39)15-22)16-28(26)36(37,38)29(27)17-24/h6-12,15-17,19,21,31-32H,3-5,13-14,18,20,39-40H2,1-2H3,(H,41,42)/t31-,32-/m0/s1. The minimum atomic E-state index is -3.16. The Kier molecular flexibility index (Phi) is 6.88. The Balaban J connectivity index is 1.20. The molecule has 2 heterocycles. The van der Waals surface area contributed by atoms with Crippen LogP contribution >= 0.6 is 0 Å². The van der Waals surface area contributed by atoms with Crippen LogP contribution in [0.25, 0.3) is 33.5 Å². The third-order valence-corrected chi connectivity index (χ3v) is 10.2. The van der Waals surface area contributed by atoms with Gasteiger partial charge in [-0.1, -0.05) is 69.5 Å². The van der Waals surface area contributed by atoms with Crippen molar-refractivity contribution in [3.63, 3.8) is 0 Å². The number of nitrogens with zero attached hydrogens (tertiary/aromatic N) is 2. The number of rotatable bonds is 5. The van der Waals surface area contributed by atoms with Gasteiger partial charge in [0.25, 0.3) is 5.92 Å². The van der Waals surface area contributed by atoms with E-state index in [0.717, 1.165) is 24.8 Å². The molecule has 44 heavy (non-hydrogen) atoms. The number of aromatic amines is 1. The second-order valence-corrected chi connectivity index (χ2v) is 13.4. The van der Waals surface area contributed by atoms with Crippen LogP contribution in [0.4, 0.5) is 14.5 Å². The van der Waals surface area contributed by atoms with Crippen molar-refractivity contribution in [1.82, 2.24) is 14.9 Å². The quantitative estimate of drug-likeness (QED) is 0.206. The molecule has 2 fully saturated rings. The molecular weight excluding hydrogens is 556 g/mol. The van der Waals surface area contributed by atoms with Gasteiger partial charge in [-0.2, -0.15) is 8.78 Å². The predicted molar refractivity (Wildman–Crippen MR) is 170 cm³/mol. The van der Waals surface area contributed by atoms with E-state index in [-0.39, 0.29) is 34.4 Å². The van der Waals surface area contributed by atoms with Gasteiger partial charge in [-0.25, -0.2) is 4.98 Å². The highest BCUT2D eigenvalue weighted by atomic mass is 19.3. The number of imidazole rings is 1. The Morgan fingerprint density at radius 2 is 1.61 bits per heavy atom. The first-order chi connectivity index (χ1) is 21.1. The molecule has 0 bridgehead atoms. The van der Waals surface area contributed by atoms with Crippen molar-refractivity contribution in [3.8, 4) is 33.5 Å². The molecule has 2 aliphatic carbocycles. The fraction of sp³-hybridized carbons (Fsp3) is 0.389. The molecule has 3 aromatic carbocycles. The van der Waals surface area contributed by atoms with Crippen LogP contribution in [-0.2, 0) is 10.7 Å². The molecule has 228 valence electrons. The number of nitrogens with one attached hydrogen (secondary N) is 1. The van der Waals surface area contributed by atoms with Gasteiger partial charge >= 0.3 is 0 Å². The molecule has 7 rings (SSSR count). The number of anilines is 1. The Hall–Kier alpha value is -4.04. The average molecular weight is 596 g/mol. The normalized spacial score (nSPS) is 20.6. The van der Waals surface area contributed by atoms with E-state index in [2.05, 4.69) is 4.98 Å². The van der Waals surface area contributed by atoms with Crippen molar-refractivity contribution in [2.75, 3.05) is 12.3 Å². The fourth-order valence-corrected chi connectivity index (χ4v) is 7.61. The number of alkyl halides is 2. The highest BCUT2D eigenvalue weighted by Crippen LogP contribution is 2.53. The molecule has 1 amide bonds. The van der Waals surface area contributed by atoms with Crippen molar-refractivity contribution in [3.05, 3.63) is 83.8 Å². The largest absolute Gasteiger partial charge is 0.399 e. The average Bonchev–Trinajstić information content (AvgIpc) is 3.71. The fourth-order valence-electron chi connectivity index (χ4n) is 7.61. The van der Waals surface area contributed by atoms with Crippen molar-refractivity contribution in [2.45, 2.75) is 70.4 Å². The van der Waals surface area contributed by atoms with Gasteiger partial charge < -0.3 is 21.4 Å². The zero-order chi connectivity index (χ0) is 30.8. The molecule has 1 spiro atoms. The summed E-state index contributed by atoms with van der Waals surface area (Å²) in [5.74, 6) is -2.49. The third-order valence-electron chi connectivity index (χ3n) is 10.2. The number of nitrogen functional groups attached to an aromatic ring is 1. The number of carbonyl (C=O) groups excluding carboxylic acids is 1. The van der Waals surface area contributed by atoms with Gasteiger partial charge in [0, 0.05) is 28.9 Å². The maximum atomic E-state index is 16.0.